The van der Waals surface area contributed by atoms with Crippen LogP contribution in [0, 0.1) is 0 Å². The normalized spacial score (nSPS) is 16.3. The minimum absolute atomic E-state index is 0.0297. The summed E-state index contributed by atoms with van der Waals surface area (Å²) < 4.78 is 10.6. The van der Waals surface area contributed by atoms with E-state index < -0.39 is 29.4 Å². The van der Waals surface area contributed by atoms with Crippen LogP contribution in [-0.2, 0) is 15.9 Å². The topological polar surface area (TPSA) is 122 Å². The summed E-state index contributed by atoms with van der Waals surface area (Å²) in [5, 5.41) is 21.3. The summed E-state index contributed by atoms with van der Waals surface area (Å²) in [6, 6.07) is 8.44. The van der Waals surface area contributed by atoms with Crippen molar-refractivity contribution in [1.82, 2.24) is 14.9 Å². The largest absolute Gasteiger partial charge is 0.505 e. The fourth-order valence-electron chi connectivity index (χ4n) is 3.77. The van der Waals surface area contributed by atoms with E-state index in [0.717, 1.165) is 10.5 Å². The van der Waals surface area contributed by atoms with E-state index in [1.807, 2.05) is 30.3 Å². The highest BCUT2D eigenvalue weighted by molar-refractivity contribution is 6.26. The van der Waals surface area contributed by atoms with Crippen molar-refractivity contribution in [3.8, 4) is 11.5 Å². The van der Waals surface area contributed by atoms with Crippen LogP contribution in [0.5, 0.6) is 11.5 Å². The SMILES string of the molecule is O=C1c2c(c(O)c3nccnc3c2O)C(=O)N1C(Cc1ccccc1)C1=COCO1. The lowest BCUT2D eigenvalue weighted by atomic mass is 10.0. The number of imide groups is 1. The number of nitrogens with zero attached hydrogens (tertiary/aromatic N) is 3. The number of fused-ring (bicyclic) bond motifs is 2. The zero-order valence-electron chi connectivity index (χ0n) is 15.5. The van der Waals surface area contributed by atoms with Crippen molar-refractivity contribution >= 4 is 22.8 Å². The third-order valence-corrected chi connectivity index (χ3v) is 5.14. The van der Waals surface area contributed by atoms with Crippen LogP contribution in [0.4, 0.5) is 0 Å². The summed E-state index contributed by atoms with van der Waals surface area (Å²) in [6.07, 6.45) is 4.26. The summed E-state index contributed by atoms with van der Waals surface area (Å²) >= 11 is 0. The average Bonchev–Trinajstić information content (AvgIpc) is 3.38. The first-order chi connectivity index (χ1) is 14.6. The van der Waals surface area contributed by atoms with Gasteiger partial charge in [-0.3, -0.25) is 14.5 Å². The van der Waals surface area contributed by atoms with E-state index in [2.05, 4.69) is 9.97 Å². The Balaban J connectivity index is 1.65. The highest BCUT2D eigenvalue weighted by atomic mass is 16.7. The number of aromatic nitrogens is 2. The fourth-order valence-corrected chi connectivity index (χ4v) is 3.77. The molecule has 0 saturated heterocycles. The molecule has 0 spiro atoms. The molecule has 0 bridgehead atoms. The Morgan fingerprint density at radius 1 is 0.967 bits per heavy atom. The van der Waals surface area contributed by atoms with Crippen LogP contribution in [0.25, 0.3) is 11.0 Å². The number of phenolic OH excluding ortho intramolecular Hbond substituents is 2. The quantitative estimate of drug-likeness (QED) is 0.500. The molecule has 2 N–H and O–H groups in total. The second-order valence-corrected chi connectivity index (χ2v) is 6.84. The molecule has 1 atom stereocenters. The number of amides is 2. The molecule has 0 radical (unpaired) electrons. The highest BCUT2D eigenvalue weighted by Gasteiger charge is 2.47. The van der Waals surface area contributed by atoms with E-state index in [9.17, 15) is 19.8 Å². The van der Waals surface area contributed by atoms with Gasteiger partial charge in [-0.15, -0.1) is 0 Å². The third-order valence-electron chi connectivity index (χ3n) is 5.14. The molecule has 2 amide bonds. The molecule has 0 aliphatic carbocycles. The molecule has 150 valence electrons. The molecule has 2 aliphatic rings. The molecule has 0 saturated carbocycles. The lowest BCUT2D eigenvalue weighted by Gasteiger charge is -2.26. The Hall–Kier alpha value is -4.14. The molecule has 1 aromatic heterocycles. The molecule has 2 aliphatic heterocycles. The van der Waals surface area contributed by atoms with Gasteiger partial charge in [-0.05, 0) is 5.56 Å². The minimum Gasteiger partial charge on any atom is -0.505 e. The molecule has 9 nitrogen and oxygen atoms in total. The Kier molecular flexibility index (Phi) is 4.02. The maximum absolute atomic E-state index is 13.3. The molecule has 0 fully saturated rings. The maximum atomic E-state index is 13.3. The van der Waals surface area contributed by atoms with Crippen molar-refractivity contribution in [2.45, 2.75) is 12.5 Å². The number of carbonyl (C=O) groups is 2. The maximum Gasteiger partial charge on any atom is 0.266 e. The fraction of sp³-hybridized carbons (Fsp3) is 0.143. The van der Waals surface area contributed by atoms with E-state index >= 15 is 0 Å². The number of rotatable bonds is 4. The van der Waals surface area contributed by atoms with E-state index in [-0.39, 0.29) is 35.4 Å². The molecular weight excluding hydrogens is 390 g/mol. The van der Waals surface area contributed by atoms with Crippen molar-refractivity contribution in [3.05, 3.63) is 71.4 Å². The summed E-state index contributed by atoms with van der Waals surface area (Å²) in [7, 11) is 0. The van der Waals surface area contributed by atoms with E-state index in [0.29, 0.717) is 5.76 Å². The highest BCUT2D eigenvalue weighted by Crippen LogP contribution is 2.43. The van der Waals surface area contributed by atoms with Gasteiger partial charge in [0.05, 0.1) is 0 Å². The summed E-state index contributed by atoms with van der Waals surface area (Å²) in [5.74, 6) is -2.21. The second kappa shape index (κ2) is 6.73. The van der Waals surface area contributed by atoms with Gasteiger partial charge in [-0.25, -0.2) is 9.97 Å². The number of aromatic hydroxyl groups is 2. The Bertz CT molecular complexity index is 1160. The summed E-state index contributed by atoms with van der Waals surface area (Å²) in [6.45, 7) is -0.0297. The second-order valence-electron chi connectivity index (χ2n) is 6.84. The first-order valence-electron chi connectivity index (χ1n) is 9.12. The predicted molar refractivity (Wildman–Crippen MR) is 102 cm³/mol. The van der Waals surface area contributed by atoms with Crippen molar-refractivity contribution in [2.75, 3.05) is 6.79 Å². The van der Waals surface area contributed by atoms with Crippen LogP contribution in [0.1, 0.15) is 26.3 Å². The van der Waals surface area contributed by atoms with E-state index in [1.54, 1.807) is 0 Å². The van der Waals surface area contributed by atoms with Gasteiger partial charge in [-0.1, -0.05) is 30.3 Å². The Morgan fingerprint density at radius 3 is 2.10 bits per heavy atom. The van der Waals surface area contributed by atoms with Crippen LogP contribution in [0.2, 0.25) is 0 Å². The van der Waals surface area contributed by atoms with Crippen LogP contribution < -0.4 is 0 Å². The van der Waals surface area contributed by atoms with Gasteiger partial charge in [0.2, 0.25) is 6.79 Å². The van der Waals surface area contributed by atoms with E-state index in [1.165, 1.54) is 18.7 Å². The molecule has 3 aromatic rings. The van der Waals surface area contributed by atoms with Gasteiger partial charge in [0.1, 0.15) is 34.5 Å². The number of carbonyl (C=O) groups excluding carboxylic acids is 2. The molecule has 30 heavy (non-hydrogen) atoms. The molecule has 2 aromatic carbocycles. The predicted octanol–water partition coefficient (Wildman–Crippen LogP) is 2.09. The van der Waals surface area contributed by atoms with Crippen molar-refractivity contribution in [3.63, 3.8) is 0 Å². The number of hydrogen-bond acceptors (Lipinski definition) is 8. The van der Waals surface area contributed by atoms with Crippen LogP contribution in [0.3, 0.4) is 0 Å². The first kappa shape index (κ1) is 17.9. The number of hydrogen-bond donors (Lipinski definition) is 2. The molecule has 5 rings (SSSR count). The molecule has 3 heterocycles. The Morgan fingerprint density at radius 2 is 1.57 bits per heavy atom. The van der Waals surface area contributed by atoms with Crippen LogP contribution in [0.15, 0.2) is 54.7 Å². The average molecular weight is 405 g/mol. The third kappa shape index (κ3) is 2.55. The zero-order valence-corrected chi connectivity index (χ0v) is 15.5. The molecule has 9 heteroatoms. The summed E-state index contributed by atoms with van der Waals surface area (Å²) in [5.41, 5.74) is 0.135. The molecular formula is C21H15N3O6. The number of benzene rings is 2. The van der Waals surface area contributed by atoms with Gasteiger partial charge in [-0.2, -0.15) is 0 Å². The van der Waals surface area contributed by atoms with Gasteiger partial charge in [0, 0.05) is 18.8 Å². The zero-order chi connectivity index (χ0) is 20.8. The van der Waals surface area contributed by atoms with Gasteiger partial charge in [0.25, 0.3) is 11.8 Å². The van der Waals surface area contributed by atoms with Crippen molar-refractivity contribution < 1.29 is 29.3 Å². The Labute approximate surface area is 169 Å². The summed E-state index contributed by atoms with van der Waals surface area (Å²) in [4.78, 5) is 35.5. The lowest BCUT2D eigenvalue weighted by molar-refractivity contribution is 0.0450. The lowest BCUT2D eigenvalue weighted by Crippen LogP contribution is -2.42. The molecule has 1 unspecified atom stereocenters. The van der Waals surface area contributed by atoms with Crippen LogP contribution in [-0.4, -0.2) is 49.7 Å². The van der Waals surface area contributed by atoms with Gasteiger partial charge < -0.3 is 19.7 Å². The van der Waals surface area contributed by atoms with Crippen molar-refractivity contribution in [2.24, 2.45) is 0 Å². The number of ether oxygens (including phenoxy) is 2. The monoisotopic (exact) mass is 405 g/mol. The van der Waals surface area contributed by atoms with Gasteiger partial charge in [0.15, 0.2) is 17.3 Å². The van der Waals surface area contributed by atoms with Crippen molar-refractivity contribution in [1.29, 1.82) is 0 Å². The van der Waals surface area contributed by atoms with Gasteiger partial charge >= 0.3 is 0 Å². The smallest absolute Gasteiger partial charge is 0.266 e. The number of phenols is 2. The van der Waals surface area contributed by atoms with E-state index in [4.69, 9.17) is 9.47 Å². The standard InChI is InChI=1S/C21H15N3O6/c25-18-14-15(19(26)17-16(18)22-6-7-23-17)21(28)24(20(14)27)12(13-9-29-10-30-13)8-11-4-2-1-3-5-11/h1-7,9,12,25-26H,8,10H2. The minimum atomic E-state index is -0.829. The first-order valence-corrected chi connectivity index (χ1v) is 9.12. The van der Waals surface area contributed by atoms with Crippen LogP contribution >= 0.6 is 0 Å².